The summed E-state index contributed by atoms with van der Waals surface area (Å²) >= 11 is 0. The van der Waals surface area contributed by atoms with Crippen LogP contribution in [0.4, 0.5) is 5.82 Å². The molecule has 0 saturated heterocycles. The molecule has 0 spiro atoms. The number of rotatable bonds is 6. The molecule has 0 aromatic carbocycles. The van der Waals surface area contributed by atoms with E-state index in [0.29, 0.717) is 5.82 Å². The van der Waals surface area contributed by atoms with Crippen LogP contribution in [0.25, 0.3) is 0 Å². The zero-order valence-corrected chi connectivity index (χ0v) is 12.1. The lowest BCUT2D eigenvalue weighted by molar-refractivity contribution is 0.594. The molecule has 2 aromatic heterocycles. The molecule has 106 valence electrons. The second-order valence-electron chi connectivity index (χ2n) is 4.79. The van der Waals surface area contributed by atoms with Gasteiger partial charge in [0.25, 0.3) is 0 Å². The molecule has 0 saturated carbocycles. The number of nitrogen functional groups attached to an aromatic ring is 1. The van der Waals surface area contributed by atoms with Gasteiger partial charge in [0.15, 0.2) is 0 Å². The largest absolute Gasteiger partial charge is 0.383 e. The number of pyridine rings is 2. The van der Waals surface area contributed by atoms with Crippen LogP contribution in [0, 0.1) is 0 Å². The molecule has 0 radical (unpaired) electrons. The molecular formula is C16H22N4. The molecule has 0 amide bonds. The predicted octanol–water partition coefficient (Wildman–Crippen LogP) is 2.71. The summed E-state index contributed by atoms with van der Waals surface area (Å²) in [6.45, 7) is 5.23. The first-order valence-electron chi connectivity index (χ1n) is 7.14. The summed E-state index contributed by atoms with van der Waals surface area (Å²) in [6, 6.07) is 6.11. The Balaban J connectivity index is 2.44. The standard InChI is InChI=1S/C16H22N4/c1-3-8-19-15(14-6-5-9-20-16(14)17)13-7-10-18-11-12(13)4-2/h5-7,9-11,15,19H,3-4,8H2,1-2H3,(H2,17,20). The van der Waals surface area contributed by atoms with Crippen molar-refractivity contribution in [2.24, 2.45) is 0 Å². The number of anilines is 1. The van der Waals surface area contributed by atoms with Crippen LogP contribution >= 0.6 is 0 Å². The number of aromatic nitrogens is 2. The Labute approximate surface area is 120 Å². The second kappa shape index (κ2) is 7.01. The van der Waals surface area contributed by atoms with Crippen molar-refractivity contribution in [1.29, 1.82) is 0 Å². The summed E-state index contributed by atoms with van der Waals surface area (Å²) in [6.07, 6.45) is 7.52. The minimum atomic E-state index is 0.0709. The van der Waals surface area contributed by atoms with Crippen molar-refractivity contribution < 1.29 is 0 Å². The molecule has 4 nitrogen and oxygen atoms in total. The Hall–Kier alpha value is -1.94. The molecular weight excluding hydrogens is 248 g/mol. The van der Waals surface area contributed by atoms with Crippen molar-refractivity contribution >= 4 is 5.82 Å². The van der Waals surface area contributed by atoms with Crippen LogP contribution in [0.1, 0.15) is 43.0 Å². The van der Waals surface area contributed by atoms with E-state index in [2.05, 4.69) is 35.2 Å². The Morgan fingerprint density at radius 2 is 2.05 bits per heavy atom. The third-order valence-corrected chi connectivity index (χ3v) is 3.41. The molecule has 2 aromatic rings. The van der Waals surface area contributed by atoms with Crippen molar-refractivity contribution in [1.82, 2.24) is 15.3 Å². The highest BCUT2D eigenvalue weighted by Gasteiger charge is 2.18. The predicted molar refractivity (Wildman–Crippen MR) is 82.4 cm³/mol. The smallest absolute Gasteiger partial charge is 0.128 e. The van der Waals surface area contributed by atoms with E-state index in [1.165, 1.54) is 11.1 Å². The van der Waals surface area contributed by atoms with E-state index in [1.807, 2.05) is 24.5 Å². The third-order valence-electron chi connectivity index (χ3n) is 3.41. The first-order valence-corrected chi connectivity index (χ1v) is 7.14. The number of hydrogen-bond acceptors (Lipinski definition) is 4. The fourth-order valence-electron chi connectivity index (χ4n) is 2.37. The van der Waals surface area contributed by atoms with Gasteiger partial charge in [-0.2, -0.15) is 0 Å². The summed E-state index contributed by atoms with van der Waals surface area (Å²) in [5.74, 6) is 0.583. The van der Waals surface area contributed by atoms with Gasteiger partial charge in [-0.25, -0.2) is 4.98 Å². The highest BCUT2D eigenvalue weighted by atomic mass is 14.9. The van der Waals surface area contributed by atoms with Crippen LogP contribution in [0.2, 0.25) is 0 Å². The average molecular weight is 270 g/mol. The van der Waals surface area contributed by atoms with Crippen molar-refractivity contribution in [3.05, 3.63) is 53.5 Å². The van der Waals surface area contributed by atoms with Gasteiger partial charge in [-0.3, -0.25) is 4.98 Å². The van der Waals surface area contributed by atoms with Gasteiger partial charge in [0.05, 0.1) is 6.04 Å². The topological polar surface area (TPSA) is 63.8 Å². The lowest BCUT2D eigenvalue weighted by atomic mass is 9.95. The first-order chi connectivity index (χ1) is 9.77. The summed E-state index contributed by atoms with van der Waals surface area (Å²) in [7, 11) is 0. The molecule has 3 N–H and O–H groups in total. The van der Waals surface area contributed by atoms with Crippen LogP contribution in [-0.4, -0.2) is 16.5 Å². The van der Waals surface area contributed by atoms with Gasteiger partial charge in [0.2, 0.25) is 0 Å². The molecule has 0 fully saturated rings. The quantitative estimate of drug-likeness (QED) is 0.847. The zero-order chi connectivity index (χ0) is 14.4. The summed E-state index contributed by atoms with van der Waals surface area (Å²) in [4.78, 5) is 8.43. The molecule has 0 aliphatic carbocycles. The van der Waals surface area contributed by atoms with Crippen molar-refractivity contribution in [2.45, 2.75) is 32.7 Å². The van der Waals surface area contributed by atoms with E-state index >= 15 is 0 Å². The minimum absolute atomic E-state index is 0.0709. The summed E-state index contributed by atoms with van der Waals surface area (Å²) in [5.41, 5.74) is 9.56. The van der Waals surface area contributed by atoms with E-state index in [-0.39, 0.29) is 6.04 Å². The first kappa shape index (κ1) is 14.5. The molecule has 0 aliphatic rings. The van der Waals surface area contributed by atoms with E-state index in [4.69, 9.17) is 5.73 Å². The maximum absolute atomic E-state index is 6.06. The monoisotopic (exact) mass is 270 g/mol. The Morgan fingerprint density at radius 3 is 2.75 bits per heavy atom. The molecule has 2 rings (SSSR count). The molecule has 20 heavy (non-hydrogen) atoms. The highest BCUT2D eigenvalue weighted by Crippen LogP contribution is 2.27. The van der Waals surface area contributed by atoms with E-state index < -0.39 is 0 Å². The average Bonchev–Trinajstić information content (AvgIpc) is 2.49. The highest BCUT2D eigenvalue weighted by molar-refractivity contribution is 5.46. The third kappa shape index (κ3) is 3.14. The van der Waals surface area contributed by atoms with E-state index in [9.17, 15) is 0 Å². The van der Waals surface area contributed by atoms with Gasteiger partial charge in [-0.15, -0.1) is 0 Å². The lowest BCUT2D eigenvalue weighted by Gasteiger charge is -2.22. The Morgan fingerprint density at radius 1 is 1.20 bits per heavy atom. The Bertz CT molecular complexity index is 554. The molecule has 0 aliphatic heterocycles. The number of nitrogens with two attached hydrogens (primary N) is 1. The second-order valence-corrected chi connectivity index (χ2v) is 4.79. The summed E-state index contributed by atoms with van der Waals surface area (Å²) < 4.78 is 0. The van der Waals surface area contributed by atoms with Crippen LogP contribution < -0.4 is 11.1 Å². The van der Waals surface area contributed by atoms with Gasteiger partial charge in [0, 0.05) is 24.2 Å². The zero-order valence-electron chi connectivity index (χ0n) is 12.1. The van der Waals surface area contributed by atoms with Crippen LogP contribution in [0.15, 0.2) is 36.8 Å². The maximum Gasteiger partial charge on any atom is 0.128 e. The van der Waals surface area contributed by atoms with Crippen molar-refractivity contribution in [3.63, 3.8) is 0 Å². The van der Waals surface area contributed by atoms with Gasteiger partial charge in [-0.1, -0.05) is 19.9 Å². The maximum atomic E-state index is 6.06. The van der Waals surface area contributed by atoms with Gasteiger partial charge >= 0.3 is 0 Å². The van der Waals surface area contributed by atoms with Gasteiger partial charge in [-0.05, 0) is 42.6 Å². The fraction of sp³-hybridized carbons (Fsp3) is 0.375. The van der Waals surface area contributed by atoms with Gasteiger partial charge in [0.1, 0.15) is 5.82 Å². The van der Waals surface area contributed by atoms with E-state index in [1.54, 1.807) is 6.20 Å². The molecule has 1 atom stereocenters. The van der Waals surface area contributed by atoms with Crippen molar-refractivity contribution in [3.8, 4) is 0 Å². The molecule has 1 unspecified atom stereocenters. The molecule has 2 heterocycles. The number of nitrogens with one attached hydrogen (secondary N) is 1. The van der Waals surface area contributed by atoms with Crippen LogP contribution in [0.3, 0.4) is 0 Å². The van der Waals surface area contributed by atoms with Crippen LogP contribution in [-0.2, 0) is 6.42 Å². The van der Waals surface area contributed by atoms with Crippen molar-refractivity contribution in [2.75, 3.05) is 12.3 Å². The Kier molecular flexibility index (Phi) is 5.07. The van der Waals surface area contributed by atoms with Crippen LogP contribution in [0.5, 0.6) is 0 Å². The number of aryl methyl sites for hydroxylation is 1. The fourth-order valence-corrected chi connectivity index (χ4v) is 2.37. The number of nitrogens with zero attached hydrogens (tertiary/aromatic N) is 2. The molecule has 0 bridgehead atoms. The van der Waals surface area contributed by atoms with E-state index in [0.717, 1.165) is 24.9 Å². The number of hydrogen-bond donors (Lipinski definition) is 2. The lowest BCUT2D eigenvalue weighted by Crippen LogP contribution is -2.25. The molecule has 4 heteroatoms. The van der Waals surface area contributed by atoms with Gasteiger partial charge < -0.3 is 11.1 Å². The SMILES string of the molecule is CCCNC(c1ccncc1CC)c1cccnc1N. The minimum Gasteiger partial charge on any atom is -0.383 e. The summed E-state index contributed by atoms with van der Waals surface area (Å²) in [5, 5.41) is 3.57. The normalized spacial score (nSPS) is 12.3.